The molecule has 0 saturated carbocycles. The van der Waals surface area contributed by atoms with Gasteiger partial charge >= 0.3 is 5.97 Å². The molecule has 0 bridgehead atoms. The van der Waals surface area contributed by atoms with E-state index in [1.807, 2.05) is 36.4 Å². The predicted octanol–water partition coefficient (Wildman–Crippen LogP) is 4.19. The van der Waals surface area contributed by atoms with Gasteiger partial charge in [-0.15, -0.1) is 0 Å². The van der Waals surface area contributed by atoms with Crippen molar-refractivity contribution in [3.63, 3.8) is 0 Å². The lowest BCUT2D eigenvalue weighted by Crippen LogP contribution is -2.59. The van der Waals surface area contributed by atoms with E-state index in [2.05, 4.69) is 17.4 Å². The first kappa shape index (κ1) is 21.9. The number of benzene rings is 2. The number of esters is 1. The van der Waals surface area contributed by atoms with Crippen LogP contribution in [-0.4, -0.2) is 48.1 Å². The molecule has 0 radical (unpaired) electrons. The quantitative estimate of drug-likeness (QED) is 0.650. The Labute approximate surface area is 186 Å². The molecule has 6 nitrogen and oxygen atoms in total. The number of rotatable bonds is 7. The Kier molecular flexibility index (Phi) is 6.95. The van der Waals surface area contributed by atoms with Crippen LogP contribution in [-0.2, 0) is 20.6 Å². The summed E-state index contributed by atoms with van der Waals surface area (Å²) in [7, 11) is 1.59. The number of hydrogen-bond acceptors (Lipinski definition) is 6. The van der Waals surface area contributed by atoms with Gasteiger partial charge in [-0.05, 0) is 30.5 Å². The maximum atomic E-state index is 12.7. The van der Waals surface area contributed by atoms with Gasteiger partial charge in [0.15, 0.2) is 5.79 Å². The van der Waals surface area contributed by atoms with Crippen LogP contribution in [0, 0.1) is 0 Å². The smallest absolute Gasteiger partial charge is 0.338 e. The van der Waals surface area contributed by atoms with Crippen LogP contribution < -0.4 is 5.32 Å². The molecule has 0 spiro atoms. The lowest BCUT2D eigenvalue weighted by Gasteiger charge is -2.46. The molecular weight excluding hydrogens is 414 g/mol. The van der Waals surface area contributed by atoms with E-state index in [-0.39, 0.29) is 29.5 Å². The predicted molar refractivity (Wildman–Crippen MR) is 119 cm³/mol. The van der Waals surface area contributed by atoms with E-state index in [1.165, 1.54) is 17.3 Å². The monoisotopic (exact) mass is 441 g/mol. The van der Waals surface area contributed by atoms with E-state index in [0.717, 1.165) is 12.8 Å². The lowest BCUT2D eigenvalue weighted by atomic mass is 9.91. The van der Waals surface area contributed by atoms with Gasteiger partial charge in [0, 0.05) is 25.7 Å². The van der Waals surface area contributed by atoms with E-state index in [1.54, 1.807) is 19.2 Å². The molecule has 1 N–H and O–H groups in total. The van der Waals surface area contributed by atoms with Crippen LogP contribution in [0.2, 0.25) is 0 Å². The van der Waals surface area contributed by atoms with Crippen molar-refractivity contribution in [3.05, 3.63) is 71.8 Å². The molecule has 2 aromatic carbocycles. The number of carbonyl (C=O) groups is 2. The molecule has 1 amide bonds. The molecule has 164 valence electrons. The van der Waals surface area contributed by atoms with Crippen LogP contribution in [0.15, 0.2) is 60.7 Å². The zero-order valence-corrected chi connectivity index (χ0v) is 18.3. The number of methoxy groups -OCH3 is 1. The van der Waals surface area contributed by atoms with Crippen LogP contribution in [0.5, 0.6) is 0 Å². The Morgan fingerprint density at radius 2 is 1.87 bits per heavy atom. The molecule has 2 aliphatic heterocycles. The van der Waals surface area contributed by atoms with Gasteiger partial charge in [-0.1, -0.05) is 60.3 Å². The molecule has 7 heteroatoms. The van der Waals surface area contributed by atoms with Crippen molar-refractivity contribution in [2.75, 3.05) is 12.9 Å². The first-order valence-electron chi connectivity index (χ1n) is 10.5. The average molecular weight is 442 g/mol. The van der Waals surface area contributed by atoms with Gasteiger partial charge in [0.2, 0.25) is 0 Å². The average Bonchev–Trinajstić information content (AvgIpc) is 3.25. The molecule has 2 aliphatic rings. The summed E-state index contributed by atoms with van der Waals surface area (Å²) in [5.41, 5.74) is 1.74. The summed E-state index contributed by atoms with van der Waals surface area (Å²) in [6.07, 6.45) is 2.04. The summed E-state index contributed by atoms with van der Waals surface area (Å²) in [4.78, 5) is 24.5. The fourth-order valence-corrected chi connectivity index (χ4v) is 5.11. The summed E-state index contributed by atoms with van der Waals surface area (Å²) in [5.74, 6) is -0.832. The fourth-order valence-electron chi connectivity index (χ4n) is 4.22. The maximum absolute atomic E-state index is 12.7. The minimum absolute atomic E-state index is 0.0886. The molecule has 4 atom stereocenters. The van der Waals surface area contributed by atoms with E-state index in [9.17, 15) is 9.59 Å². The third-order valence-corrected chi connectivity index (χ3v) is 6.71. The van der Waals surface area contributed by atoms with Crippen molar-refractivity contribution in [3.8, 4) is 0 Å². The van der Waals surface area contributed by atoms with Crippen LogP contribution in [0.1, 0.15) is 35.2 Å². The second kappa shape index (κ2) is 9.85. The molecule has 2 saturated heterocycles. The fraction of sp³-hybridized carbons (Fsp3) is 0.417. The second-order valence-electron chi connectivity index (χ2n) is 7.91. The van der Waals surface area contributed by atoms with E-state index >= 15 is 0 Å². The minimum atomic E-state index is -1.03. The number of hydrogen-bond donors (Lipinski definition) is 1. The first-order chi connectivity index (χ1) is 15.1. The van der Waals surface area contributed by atoms with Crippen LogP contribution in [0.4, 0.5) is 4.79 Å². The topological polar surface area (TPSA) is 73.9 Å². The normalized spacial score (nSPS) is 28.2. The molecule has 4 rings (SSSR count). The third-order valence-electron chi connectivity index (χ3n) is 5.83. The minimum Gasteiger partial charge on any atom is -0.458 e. The van der Waals surface area contributed by atoms with Crippen LogP contribution >= 0.6 is 11.8 Å². The molecule has 2 heterocycles. The third kappa shape index (κ3) is 5.29. The summed E-state index contributed by atoms with van der Waals surface area (Å²) in [6, 6.07) is 18.9. The summed E-state index contributed by atoms with van der Waals surface area (Å²) < 4.78 is 18.2. The Morgan fingerprint density at radius 3 is 2.52 bits per heavy atom. The van der Waals surface area contributed by atoms with E-state index in [0.29, 0.717) is 24.2 Å². The van der Waals surface area contributed by atoms with Gasteiger partial charge in [0.25, 0.3) is 5.24 Å². The second-order valence-corrected chi connectivity index (χ2v) is 8.90. The van der Waals surface area contributed by atoms with Gasteiger partial charge in [0.05, 0.1) is 17.7 Å². The zero-order chi connectivity index (χ0) is 21.7. The highest BCUT2D eigenvalue weighted by molar-refractivity contribution is 8.14. The summed E-state index contributed by atoms with van der Waals surface area (Å²) >= 11 is 1.22. The maximum Gasteiger partial charge on any atom is 0.338 e. The van der Waals surface area contributed by atoms with Crippen molar-refractivity contribution in [1.82, 2.24) is 5.32 Å². The lowest BCUT2D eigenvalue weighted by molar-refractivity contribution is -0.294. The van der Waals surface area contributed by atoms with Gasteiger partial charge in [-0.2, -0.15) is 0 Å². The number of amides is 1. The SMILES string of the molecule is COC1(C2CSC(=O)N2)CC(OC(=O)c2ccccc2)C[C@@H](CCc2ccccc2)O1. The Balaban J connectivity index is 1.51. The van der Waals surface area contributed by atoms with Crippen molar-refractivity contribution < 1.29 is 23.8 Å². The van der Waals surface area contributed by atoms with Crippen molar-refractivity contribution in [2.24, 2.45) is 0 Å². The Bertz CT molecular complexity index is 893. The zero-order valence-electron chi connectivity index (χ0n) is 17.5. The number of ether oxygens (including phenoxy) is 3. The molecule has 2 aromatic rings. The van der Waals surface area contributed by atoms with Crippen LogP contribution in [0.25, 0.3) is 0 Å². The van der Waals surface area contributed by atoms with Crippen molar-refractivity contribution in [2.45, 2.75) is 49.7 Å². The molecule has 0 aromatic heterocycles. The number of nitrogens with one attached hydrogen (secondary N) is 1. The molecule has 2 fully saturated rings. The van der Waals surface area contributed by atoms with Gasteiger partial charge in [0.1, 0.15) is 6.10 Å². The van der Waals surface area contributed by atoms with E-state index < -0.39 is 5.79 Å². The number of aryl methyl sites for hydroxylation is 1. The highest BCUT2D eigenvalue weighted by atomic mass is 32.2. The number of carbonyl (C=O) groups excluding carboxylic acids is 2. The number of thioether (sulfide) groups is 1. The molecule has 3 unspecified atom stereocenters. The Hall–Kier alpha value is -2.35. The van der Waals surface area contributed by atoms with Gasteiger partial charge in [-0.25, -0.2) is 4.79 Å². The van der Waals surface area contributed by atoms with E-state index in [4.69, 9.17) is 14.2 Å². The molecule has 31 heavy (non-hydrogen) atoms. The Morgan fingerprint density at radius 1 is 1.16 bits per heavy atom. The van der Waals surface area contributed by atoms with Crippen LogP contribution in [0.3, 0.4) is 0 Å². The largest absolute Gasteiger partial charge is 0.458 e. The summed E-state index contributed by atoms with van der Waals surface area (Å²) in [6.45, 7) is 0. The highest BCUT2D eigenvalue weighted by Crippen LogP contribution is 2.38. The standard InChI is InChI=1S/C24H27NO5S/c1-28-24(21-16-31-23(27)25-21)15-20(29-22(26)18-10-6-3-7-11-18)14-19(30-24)13-12-17-8-4-2-5-9-17/h2-11,19-21H,12-16H2,1H3,(H,25,27)/t19-,20?,21?,24?/m1/s1. The van der Waals surface area contributed by atoms with Crippen molar-refractivity contribution >= 4 is 23.0 Å². The first-order valence-corrected chi connectivity index (χ1v) is 11.5. The van der Waals surface area contributed by atoms with Crippen molar-refractivity contribution in [1.29, 1.82) is 0 Å². The molecule has 0 aliphatic carbocycles. The summed E-state index contributed by atoms with van der Waals surface area (Å²) in [5, 5.41) is 2.86. The highest BCUT2D eigenvalue weighted by Gasteiger charge is 2.51. The molecular formula is C24H27NO5S. The van der Waals surface area contributed by atoms with Gasteiger partial charge < -0.3 is 19.5 Å². The van der Waals surface area contributed by atoms with Gasteiger partial charge in [-0.3, -0.25) is 4.79 Å².